The highest BCUT2D eigenvalue weighted by Gasteiger charge is 2.24. The molecule has 2 unspecified atom stereocenters. The summed E-state index contributed by atoms with van der Waals surface area (Å²) in [5.74, 6) is -1.53. The minimum atomic E-state index is -0.831. The van der Waals surface area contributed by atoms with Crippen molar-refractivity contribution in [3.63, 3.8) is 0 Å². The molecule has 0 heterocycles. The molecule has 1 aromatic carbocycles. The van der Waals surface area contributed by atoms with Crippen LogP contribution < -0.4 is 5.73 Å². The van der Waals surface area contributed by atoms with Crippen molar-refractivity contribution in [2.45, 2.75) is 31.7 Å². The zero-order chi connectivity index (χ0) is 14.6. The first kappa shape index (κ1) is 15.1. The molecule has 0 fully saturated rings. The molecule has 0 bridgehead atoms. The second kappa shape index (κ2) is 6.29. The van der Waals surface area contributed by atoms with Gasteiger partial charge in [-0.2, -0.15) is 0 Å². The number of ether oxygens (including phenoxy) is 1. The van der Waals surface area contributed by atoms with E-state index in [1.54, 1.807) is 0 Å². The Bertz CT molecular complexity index is 437. The third-order valence-corrected chi connectivity index (χ3v) is 3.06. The highest BCUT2D eigenvalue weighted by molar-refractivity contribution is 5.75. The monoisotopic (exact) mass is 269 g/mol. The number of phenolic OH excluding ortho intramolecular Hbond substituents is 3. The van der Waals surface area contributed by atoms with Crippen molar-refractivity contribution in [3.8, 4) is 17.2 Å². The van der Waals surface area contributed by atoms with Gasteiger partial charge in [-0.05, 0) is 18.8 Å². The molecule has 2 atom stereocenters. The molecule has 1 aromatic rings. The van der Waals surface area contributed by atoms with Crippen LogP contribution in [0.1, 0.15) is 31.2 Å². The molecule has 106 valence electrons. The largest absolute Gasteiger partial charge is 0.508 e. The third-order valence-electron chi connectivity index (χ3n) is 3.06. The highest BCUT2D eigenvalue weighted by Crippen LogP contribution is 2.40. The average molecular weight is 269 g/mol. The Morgan fingerprint density at radius 1 is 1.32 bits per heavy atom. The van der Waals surface area contributed by atoms with Gasteiger partial charge in [0.15, 0.2) is 0 Å². The van der Waals surface area contributed by atoms with Crippen LogP contribution in [0.2, 0.25) is 0 Å². The molecule has 0 amide bonds. The molecule has 6 nitrogen and oxygen atoms in total. The van der Waals surface area contributed by atoms with Crippen LogP contribution in [0.25, 0.3) is 0 Å². The Hall–Kier alpha value is -1.95. The predicted octanol–water partition coefficient (Wildman–Crippen LogP) is 1.19. The van der Waals surface area contributed by atoms with E-state index in [4.69, 9.17) is 5.73 Å². The number of phenols is 3. The molecule has 6 heteroatoms. The van der Waals surface area contributed by atoms with Gasteiger partial charge in [0.1, 0.15) is 23.3 Å². The van der Waals surface area contributed by atoms with Crippen LogP contribution in [0.5, 0.6) is 17.2 Å². The minimum absolute atomic E-state index is 0.221. The van der Waals surface area contributed by atoms with Crippen LogP contribution in [0.3, 0.4) is 0 Å². The fraction of sp³-hybridized carbons (Fsp3) is 0.462. The maximum Gasteiger partial charge on any atom is 0.322 e. The number of benzene rings is 1. The van der Waals surface area contributed by atoms with Crippen LogP contribution in [0.4, 0.5) is 0 Å². The Labute approximate surface area is 111 Å². The molecule has 0 saturated heterocycles. The van der Waals surface area contributed by atoms with Crippen molar-refractivity contribution < 1.29 is 24.9 Å². The molecule has 19 heavy (non-hydrogen) atoms. The van der Waals surface area contributed by atoms with E-state index in [9.17, 15) is 20.1 Å². The number of esters is 1. The lowest BCUT2D eigenvalue weighted by Crippen LogP contribution is -2.33. The van der Waals surface area contributed by atoms with Crippen molar-refractivity contribution in [1.82, 2.24) is 0 Å². The summed E-state index contributed by atoms with van der Waals surface area (Å²) < 4.78 is 4.54. The van der Waals surface area contributed by atoms with Crippen LogP contribution in [0.15, 0.2) is 12.1 Å². The van der Waals surface area contributed by atoms with Crippen molar-refractivity contribution in [2.75, 3.05) is 7.11 Å². The molecule has 0 radical (unpaired) electrons. The lowest BCUT2D eigenvalue weighted by atomic mass is 9.88. The smallest absolute Gasteiger partial charge is 0.322 e. The Morgan fingerprint density at radius 2 is 1.84 bits per heavy atom. The summed E-state index contributed by atoms with van der Waals surface area (Å²) in [4.78, 5) is 11.3. The maximum atomic E-state index is 11.3. The molecular formula is C13H19NO5. The molecule has 0 aliphatic rings. The Balaban J connectivity index is 3.01. The second-order valence-corrected chi connectivity index (χ2v) is 4.37. The second-order valence-electron chi connectivity index (χ2n) is 4.37. The van der Waals surface area contributed by atoms with Gasteiger partial charge >= 0.3 is 5.97 Å². The molecule has 1 rings (SSSR count). The SMILES string of the molecule is CCC(CC(N)C(=O)OC)c1c(O)cc(O)cc1O. The van der Waals surface area contributed by atoms with Crippen molar-refractivity contribution in [3.05, 3.63) is 17.7 Å². The minimum Gasteiger partial charge on any atom is -0.508 e. The van der Waals surface area contributed by atoms with Gasteiger partial charge in [0.2, 0.25) is 0 Å². The molecule has 0 aliphatic carbocycles. The molecule has 0 aromatic heterocycles. The zero-order valence-electron chi connectivity index (χ0n) is 11.0. The van der Waals surface area contributed by atoms with E-state index in [1.807, 2.05) is 6.92 Å². The van der Waals surface area contributed by atoms with Crippen molar-refractivity contribution in [1.29, 1.82) is 0 Å². The van der Waals surface area contributed by atoms with E-state index in [0.717, 1.165) is 12.1 Å². The van der Waals surface area contributed by atoms with E-state index in [1.165, 1.54) is 7.11 Å². The normalized spacial score (nSPS) is 13.8. The van der Waals surface area contributed by atoms with E-state index in [0.29, 0.717) is 6.42 Å². The molecule has 0 spiro atoms. The third kappa shape index (κ3) is 3.51. The Kier molecular flexibility index (Phi) is 5.00. The van der Waals surface area contributed by atoms with Crippen LogP contribution in [0, 0.1) is 0 Å². The fourth-order valence-electron chi connectivity index (χ4n) is 2.07. The van der Waals surface area contributed by atoms with E-state index >= 15 is 0 Å². The van der Waals surface area contributed by atoms with Gasteiger partial charge in [-0.25, -0.2) is 0 Å². The lowest BCUT2D eigenvalue weighted by Gasteiger charge is -2.20. The number of aromatic hydroxyl groups is 3. The summed E-state index contributed by atoms with van der Waals surface area (Å²) in [6.45, 7) is 1.85. The van der Waals surface area contributed by atoms with Crippen LogP contribution >= 0.6 is 0 Å². The van der Waals surface area contributed by atoms with Crippen LogP contribution in [-0.2, 0) is 9.53 Å². The Morgan fingerprint density at radius 3 is 2.26 bits per heavy atom. The molecule has 5 N–H and O–H groups in total. The topological polar surface area (TPSA) is 113 Å². The van der Waals surface area contributed by atoms with Gasteiger partial charge in [0, 0.05) is 17.7 Å². The quantitative estimate of drug-likeness (QED) is 0.597. The number of carbonyl (C=O) groups is 1. The summed E-state index contributed by atoms with van der Waals surface area (Å²) >= 11 is 0. The first-order valence-electron chi connectivity index (χ1n) is 5.98. The van der Waals surface area contributed by atoms with E-state index < -0.39 is 12.0 Å². The maximum absolute atomic E-state index is 11.3. The highest BCUT2D eigenvalue weighted by atomic mass is 16.5. The average Bonchev–Trinajstić information content (AvgIpc) is 2.34. The van der Waals surface area contributed by atoms with Gasteiger partial charge in [0.25, 0.3) is 0 Å². The van der Waals surface area contributed by atoms with Gasteiger partial charge in [-0.1, -0.05) is 6.92 Å². The van der Waals surface area contributed by atoms with Crippen molar-refractivity contribution in [2.24, 2.45) is 5.73 Å². The number of methoxy groups -OCH3 is 1. The zero-order valence-corrected chi connectivity index (χ0v) is 11.0. The first-order valence-corrected chi connectivity index (χ1v) is 5.98. The standard InChI is InChI=1S/C13H19NO5/c1-3-7(4-9(14)13(18)19-2)12-10(16)5-8(15)6-11(12)17/h5-7,9,15-17H,3-4,14H2,1-2H3. The molecule has 0 saturated carbocycles. The van der Waals surface area contributed by atoms with Gasteiger partial charge in [-0.3, -0.25) is 4.79 Å². The van der Waals surface area contributed by atoms with E-state index in [2.05, 4.69) is 4.74 Å². The first-order chi connectivity index (χ1) is 8.90. The number of hydrogen-bond donors (Lipinski definition) is 4. The predicted molar refractivity (Wildman–Crippen MR) is 69.1 cm³/mol. The van der Waals surface area contributed by atoms with Crippen molar-refractivity contribution >= 4 is 5.97 Å². The van der Waals surface area contributed by atoms with Gasteiger partial charge in [0.05, 0.1) is 7.11 Å². The van der Waals surface area contributed by atoms with E-state index in [-0.39, 0.29) is 35.2 Å². The number of rotatable bonds is 5. The summed E-state index contributed by atoms with van der Waals surface area (Å²) in [7, 11) is 1.25. The van der Waals surface area contributed by atoms with Gasteiger partial charge in [-0.15, -0.1) is 0 Å². The number of carbonyl (C=O) groups excluding carboxylic acids is 1. The number of nitrogens with two attached hydrogens (primary N) is 1. The summed E-state index contributed by atoms with van der Waals surface area (Å²) in [6, 6.07) is 1.45. The number of hydrogen-bond acceptors (Lipinski definition) is 6. The fourth-order valence-corrected chi connectivity index (χ4v) is 2.07. The lowest BCUT2D eigenvalue weighted by molar-refractivity contribution is -0.142. The summed E-state index contributed by atoms with van der Waals surface area (Å²) in [5.41, 5.74) is 5.96. The molecule has 0 aliphatic heterocycles. The summed E-state index contributed by atoms with van der Waals surface area (Å²) in [5, 5.41) is 28.9. The molecular weight excluding hydrogens is 250 g/mol. The van der Waals surface area contributed by atoms with Gasteiger partial charge < -0.3 is 25.8 Å². The summed E-state index contributed by atoms with van der Waals surface area (Å²) in [6.07, 6.45) is 0.797. The van der Waals surface area contributed by atoms with Crippen LogP contribution in [-0.4, -0.2) is 34.4 Å².